The van der Waals surface area contributed by atoms with E-state index >= 15 is 0 Å². The topological polar surface area (TPSA) is 140 Å². The summed E-state index contributed by atoms with van der Waals surface area (Å²) in [5.74, 6) is 1.77. The number of nitrogen functional groups attached to an aromatic ring is 1. The molecule has 1 atom stereocenters. The molecule has 3 N–H and O–H groups in total. The number of ether oxygens (including phenoxy) is 2. The fourth-order valence-corrected chi connectivity index (χ4v) is 5.57. The van der Waals surface area contributed by atoms with E-state index < -0.39 is 6.10 Å². The molecule has 0 saturated carbocycles. The molecule has 11 heteroatoms. The number of aliphatic hydroxyl groups is 1. The van der Waals surface area contributed by atoms with Gasteiger partial charge in [0.2, 0.25) is 6.79 Å². The number of aromatic nitrogens is 3. The number of hydrogen-bond donors (Lipinski definition) is 2. The van der Waals surface area contributed by atoms with Crippen molar-refractivity contribution in [2.75, 3.05) is 25.6 Å². The van der Waals surface area contributed by atoms with E-state index in [0.29, 0.717) is 53.9 Å². The van der Waals surface area contributed by atoms with Crippen molar-refractivity contribution in [1.29, 1.82) is 5.26 Å². The Morgan fingerprint density at radius 1 is 1.34 bits per heavy atom. The van der Waals surface area contributed by atoms with E-state index in [0.717, 1.165) is 34.8 Å². The van der Waals surface area contributed by atoms with Crippen LogP contribution in [0.3, 0.4) is 0 Å². The highest BCUT2D eigenvalue weighted by atomic mass is 32.2. The number of aryl methyl sites for hydroxylation is 1. The molecule has 1 aromatic carbocycles. The second-order valence-corrected chi connectivity index (χ2v) is 9.77. The number of amides is 1. The Morgan fingerprint density at radius 3 is 2.80 bits per heavy atom. The minimum atomic E-state index is -0.961. The molecule has 5 rings (SSSR count). The van der Waals surface area contributed by atoms with E-state index in [1.807, 2.05) is 12.1 Å². The van der Waals surface area contributed by atoms with Gasteiger partial charge in [-0.25, -0.2) is 9.97 Å². The zero-order valence-electron chi connectivity index (χ0n) is 19.3. The predicted molar refractivity (Wildman–Crippen MR) is 129 cm³/mol. The third kappa shape index (κ3) is 4.59. The zero-order chi connectivity index (χ0) is 24.5. The number of carbonyl (C=O) groups excluding carboxylic acids is 1. The van der Waals surface area contributed by atoms with Crippen molar-refractivity contribution in [1.82, 2.24) is 19.4 Å². The number of piperidine rings is 1. The Labute approximate surface area is 206 Å². The Hall–Kier alpha value is -3.49. The third-order valence-corrected chi connectivity index (χ3v) is 7.55. The van der Waals surface area contributed by atoms with E-state index in [-0.39, 0.29) is 12.7 Å². The Kier molecular flexibility index (Phi) is 6.40. The molecule has 4 heterocycles. The van der Waals surface area contributed by atoms with E-state index in [1.54, 1.807) is 17.2 Å². The van der Waals surface area contributed by atoms with Crippen LogP contribution in [0.25, 0.3) is 11.0 Å². The van der Waals surface area contributed by atoms with Crippen LogP contribution in [0, 0.1) is 17.2 Å². The molecule has 1 amide bonds. The number of nitriles is 1. The Bertz CT molecular complexity index is 1310. The lowest BCUT2D eigenvalue weighted by molar-refractivity contribution is -0.140. The zero-order valence-corrected chi connectivity index (χ0v) is 20.1. The monoisotopic (exact) mass is 494 g/mol. The number of hydrogen-bond acceptors (Lipinski definition) is 9. The van der Waals surface area contributed by atoms with Crippen LogP contribution >= 0.6 is 11.8 Å². The van der Waals surface area contributed by atoms with E-state index in [4.69, 9.17) is 20.2 Å². The van der Waals surface area contributed by atoms with Crippen LogP contribution in [0.1, 0.15) is 31.7 Å². The lowest BCUT2D eigenvalue weighted by Crippen LogP contribution is -2.43. The van der Waals surface area contributed by atoms with Gasteiger partial charge >= 0.3 is 0 Å². The normalized spacial score (nSPS) is 16.4. The molecule has 1 fully saturated rings. The molecule has 0 aliphatic carbocycles. The molecule has 2 aromatic heterocycles. The summed E-state index contributed by atoms with van der Waals surface area (Å²) in [5.41, 5.74) is 8.13. The summed E-state index contributed by atoms with van der Waals surface area (Å²) in [7, 11) is 0. The molecule has 2 aliphatic rings. The molecule has 35 heavy (non-hydrogen) atoms. The first-order chi connectivity index (χ1) is 16.9. The number of benzene rings is 1. The molecule has 0 radical (unpaired) electrons. The second-order valence-electron chi connectivity index (χ2n) is 8.76. The number of pyridine rings is 1. The van der Waals surface area contributed by atoms with E-state index in [2.05, 4.69) is 15.6 Å². The molecular formula is C24H26N6O4S. The summed E-state index contributed by atoms with van der Waals surface area (Å²) in [4.78, 5) is 23.5. The van der Waals surface area contributed by atoms with Crippen LogP contribution in [0.5, 0.6) is 11.5 Å². The molecule has 1 saturated heterocycles. The standard InChI is InChI=1S/C24H26N6O4S/c1-14(31)23(32)29-7-3-15(4-8-29)5-9-30-17-2-6-27-22(26)21(17)28-24(30)35-20-11-19-18(33-13-34-19)10-16(20)12-25/h2,6,10-11,14-15,31H,3-5,7-9,13H2,1H3,(H2,26,27)/t14-/m0/s1. The van der Waals surface area contributed by atoms with Gasteiger partial charge in [-0.05, 0) is 44.2 Å². The first-order valence-electron chi connectivity index (χ1n) is 11.5. The quantitative estimate of drug-likeness (QED) is 0.529. The van der Waals surface area contributed by atoms with Gasteiger partial charge in [-0.1, -0.05) is 11.8 Å². The van der Waals surface area contributed by atoms with Crippen LogP contribution in [0.2, 0.25) is 0 Å². The number of nitrogens with zero attached hydrogens (tertiary/aromatic N) is 5. The van der Waals surface area contributed by atoms with Crippen molar-refractivity contribution in [3.05, 3.63) is 30.0 Å². The fraction of sp³-hybridized carbons (Fsp3) is 0.417. The van der Waals surface area contributed by atoms with Crippen molar-refractivity contribution >= 4 is 34.5 Å². The van der Waals surface area contributed by atoms with Crippen molar-refractivity contribution in [3.63, 3.8) is 0 Å². The van der Waals surface area contributed by atoms with Crippen molar-refractivity contribution in [2.24, 2.45) is 5.92 Å². The van der Waals surface area contributed by atoms with Gasteiger partial charge in [-0.15, -0.1) is 0 Å². The van der Waals surface area contributed by atoms with Gasteiger partial charge in [-0.3, -0.25) is 4.79 Å². The summed E-state index contributed by atoms with van der Waals surface area (Å²) in [6, 6.07) is 7.64. The molecule has 10 nitrogen and oxygen atoms in total. The maximum Gasteiger partial charge on any atom is 0.251 e. The first kappa shape index (κ1) is 23.3. The molecular weight excluding hydrogens is 468 g/mol. The van der Waals surface area contributed by atoms with Crippen LogP contribution < -0.4 is 15.2 Å². The number of nitrogens with two attached hydrogens (primary N) is 1. The highest BCUT2D eigenvalue weighted by Crippen LogP contribution is 2.41. The maximum atomic E-state index is 12.1. The highest BCUT2D eigenvalue weighted by molar-refractivity contribution is 7.99. The van der Waals surface area contributed by atoms with Gasteiger partial charge < -0.3 is 29.8 Å². The largest absolute Gasteiger partial charge is 0.454 e. The van der Waals surface area contributed by atoms with Gasteiger partial charge in [0.1, 0.15) is 17.7 Å². The first-order valence-corrected chi connectivity index (χ1v) is 12.4. The number of aliphatic hydroxyl groups excluding tert-OH is 1. The van der Waals surface area contributed by atoms with Crippen molar-refractivity contribution in [2.45, 2.75) is 48.9 Å². The molecule has 0 spiro atoms. The average Bonchev–Trinajstić information content (AvgIpc) is 3.46. The predicted octanol–water partition coefficient (Wildman–Crippen LogP) is 2.77. The summed E-state index contributed by atoms with van der Waals surface area (Å²) in [6.45, 7) is 3.66. The van der Waals surface area contributed by atoms with Gasteiger partial charge in [0, 0.05) is 36.8 Å². The van der Waals surface area contributed by atoms with E-state index in [1.165, 1.54) is 18.7 Å². The Morgan fingerprint density at radius 2 is 2.09 bits per heavy atom. The van der Waals surface area contributed by atoms with Gasteiger partial charge in [0.05, 0.1) is 11.1 Å². The van der Waals surface area contributed by atoms with Crippen molar-refractivity contribution < 1.29 is 19.4 Å². The third-order valence-electron chi connectivity index (χ3n) is 6.50. The Balaban J connectivity index is 1.38. The minimum Gasteiger partial charge on any atom is -0.454 e. The average molecular weight is 495 g/mol. The minimum absolute atomic E-state index is 0.136. The molecule has 0 unspecified atom stereocenters. The van der Waals surface area contributed by atoms with Gasteiger partial charge in [-0.2, -0.15) is 5.26 Å². The van der Waals surface area contributed by atoms with Crippen molar-refractivity contribution in [3.8, 4) is 17.6 Å². The molecule has 182 valence electrons. The summed E-state index contributed by atoms with van der Waals surface area (Å²) >= 11 is 1.39. The number of carbonyl (C=O) groups is 1. The number of rotatable bonds is 6. The second kappa shape index (κ2) is 9.64. The van der Waals surface area contributed by atoms with Crippen LogP contribution in [0.15, 0.2) is 34.4 Å². The molecule has 3 aromatic rings. The molecule has 2 aliphatic heterocycles. The van der Waals surface area contributed by atoms with Crippen LogP contribution in [0.4, 0.5) is 5.82 Å². The number of imidazole rings is 1. The van der Waals surface area contributed by atoms with Gasteiger partial charge in [0.15, 0.2) is 22.5 Å². The highest BCUT2D eigenvalue weighted by Gasteiger charge is 2.26. The smallest absolute Gasteiger partial charge is 0.251 e. The summed E-state index contributed by atoms with van der Waals surface area (Å²) < 4.78 is 13.0. The van der Waals surface area contributed by atoms with Gasteiger partial charge in [0.25, 0.3) is 5.91 Å². The lowest BCUT2D eigenvalue weighted by atomic mass is 9.93. The number of likely N-dealkylation sites (tertiary alicyclic amines) is 1. The SMILES string of the molecule is C[C@H](O)C(=O)N1CCC(CCn2c(Sc3cc4c(cc3C#N)OCO4)nc3c(N)nccc32)CC1. The maximum absolute atomic E-state index is 12.1. The van der Waals surface area contributed by atoms with Crippen LogP contribution in [-0.2, 0) is 11.3 Å². The fourth-order valence-electron chi connectivity index (χ4n) is 4.56. The summed E-state index contributed by atoms with van der Waals surface area (Å²) in [6.07, 6.45) is 3.39. The van der Waals surface area contributed by atoms with Crippen LogP contribution in [-0.4, -0.2) is 56.4 Å². The summed E-state index contributed by atoms with van der Waals surface area (Å²) in [5, 5.41) is 20.0. The number of anilines is 1. The lowest BCUT2D eigenvalue weighted by Gasteiger charge is -2.32. The number of fused-ring (bicyclic) bond motifs is 2. The van der Waals surface area contributed by atoms with E-state index in [9.17, 15) is 15.2 Å². The molecule has 0 bridgehead atoms.